The van der Waals surface area contributed by atoms with Crippen molar-refractivity contribution in [1.29, 1.82) is 5.26 Å². The highest BCUT2D eigenvalue weighted by molar-refractivity contribution is 6.30. The predicted octanol–water partition coefficient (Wildman–Crippen LogP) is 3.31. The Morgan fingerprint density at radius 1 is 1.35 bits per heavy atom. The monoisotopic (exact) mass is 294 g/mol. The molecule has 4 nitrogen and oxygen atoms in total. The van der Waals surface area contributed by atoms with Gasteiger partial charge in [-0.25, -0.2) is 0 Å². The van der Waals surface area contributed by atoms with Crippen molar-refractivity contribution >= 4 is 17.5 Å². The van der Waals surface area contributed by atoms with E-state index >= 15 is 0 Å². The minimum atomic E-state index is -0.955. The summed E-state index contributed by atoms with van der Waals surface area (Å²) in [5, 5.41) is 11.9. The van der Waals surface area contributed by atoms with Gasteiger partial charge in [0.25, 0.3) is 5.91 Å². The summed E-state index contributed by atoms with van der Waals surface area (Å²) in [7, 11) is 0. The van der Waals surface area contributed by atoms with Gasteiger partial charge in [-0.15, -0.1) is 0 Å². The Morgan fingerprint density at radius 2 is 2.00 bits per heavy atom. The van der Waals surface area contributed by atoms with Gasteiger partial charge in [-0.05, 0) is 51.0 Å². The van der Waals surface area contributed by atoms with Gasteiger partial charge in [0.1, 0.15) is 5.75 Å². The largest absolute Gasteiger partial charge is 0.478 e. The van der Waals surface area contributed by atoms with Gasteiger partial charge in [-0.2, -0.15) is 5.26 Å². The lowest BCUT2D eigenvalue weighted by Crippen LogP contribution is -2.46. The molecule has 5 heteroatoms. The number of nitrogens with zero attached hydrogens (tertiary/aromatic N) is 1. The van der Waals surface area contributed by atoms with Gasteiger partial charge in [0.05, 0.1) is 6.07 Å². The average Bonchev–Trinajstić information content (AvgIpc) is 2.40. The van der Waals surface area contributed by atoms with Crippen LogP contribution in [0, 0.1) is 11.3 Å². The number of halogens is 1. The zero-order valence-corrected chi connectivity index (χ0v) is 12.5. The summed E-state index contributed by atoms with van der Waals surface area (Å²) in [5.41, 5.74) is -0.955. The third kappa shape index (κ3) is 5.50. The number of amides is 1. The van der Waals surface area contributed by atoms with E-state index in [0.717, 1.165) is 12.8 Å². The van der Waals surface area contributed by atoms with Crippen LogP contribution in [0.5, 0.6) is 5.75 Å². The number of carbonyl (C=O) groups is 1. The summed E-state index contributed by atoms with van der Waals surface area (Å²) in [6.07, 6.45) is 2.09. The van der Waals surface area contributed by atoms with Crippen molar-refractivity contribution in [2.75, 3.05) is 6.54 Å². The normalized spacial score (nSPS) is 10.7. The van der Waals surface area contributed by atoms with E-state index in [1.165, 1.54) is 0 Å². The minimum Gasteiger partial charge on any atom is -0.478 e. The van der Waals surface area contributed by atoms with Gasteiger partial charge < -0.3 is 10.1 Å². The SMILES string of the molecule is CC(C)(Oc1ccc(Cl)cc1)C(=O)NCCCCC#N. The maximum Gasteiger partial charge on any atom is 0.263 e. The summed E-state index contributed by atoms with van der Waals surface area (Å²) in [6, 6.07) is 8.96. The van der Waals surface area contributed by atoms with Crippen LogP contribution in [0.4, 0.5) is 0 Å². The molecule has 0 fully saturated rings. The van der Waals surface area contributed by atoms with Crippen molar-refractivity contribution in [3.05, 3.63) is 29.3 Å². The number of hydrogen-bond acceptors (Lipinski definition) is 3. The van der Waals surface area contributed by atoms with Crippen LogP contribution in [-0.2, 0) is 4.79 Å². The molecule has 1 amide bonds. The van der Waals surface area contributed by atoms with Crippen molar-refractivity contribution in [1.82, 2.24) is 5.32 Å². The highest BCUT2D eigenvalue weighted by atomic mass is 35.5. The molecule has 0 saturated heterocycles. The molecular formula is C15H19ClN2O2. The fourth-order valence-electron chi connectivity index (χ4n) is 1.59. The maximum absolute atomic E-state index is 12.0. The second-order valence-electron chi connectivity index (χ2n) is 4.94. The van der Waals surface area contributed by atoms with Crippen LogP contribution in [0.15, 0.2) is 24.3 Å². The number of nitrogens with one attached hydrogen (secondary N) is 1. The third-order valence-corrected chi connectivity index (χ3v) is 2.99. The van der Waals surface area contributed by atoms with Crippen molar-refractivity contribution in [2.45, 2.75) is 38.7 Å². The summed E-state index contributed by atoms with van der Waals surface area (Å²) >= 11 is 5.80. The van der Waals surface area contributed by atoms with Crippen LogP contribution in [-0.4, -0.2) is 18.1 Å². The van der Waals surface area contributed by atoms with Crippen molar-refractivity contribution < 1.29 is 9.53 Å². The second kappa shape index (κ2) is 7.76. The molecule has 0 aliphatic carbocycles. The van der Waals surface area contributed by atoms with Gasteiger partial charge in [0, 0.05) is 18.0 Å². The van der Waals surface area contributed by atoms with Gasteiger partial charge in [0.2, 0.25) is 0 Å². The Morgan fingerprint density at radius 3 is 2.60 bits per heavy atom. The molecule has 0 saturated carbocycles. The first-order chi connectivity index (χ1) is 9.45. The molecule has 0 aliphatic heterocycles. The molecule has 1 rings (SSSR count). The van der Waals surface area contributed by atoms with Crippen LogP contribution < -0.4 is 10.1 Å². The van der Waals surface area contributed by atoms with Crippen LogP contribution in [0.2, 0.25) is 5.02 Å². The number of rotatable bonds is 7. The molecule has 0 aliphatic rings. The molecule has 0 bridgehead atoms. The molecular weight excluding hydrogens is 276 g/mol. The van der Waals surface area contributed by atoms with E-state index in [9.17, 15) is 4.79 Å². The van der Waals surface area contributed by atoms with E-state index in [4.69, 9.17) is 21.6 Å². The standard InChI is InChI=1S/C15H19ClN2O2/c1-15(2,14(19)18-11-5-3-4-10-17)20-13-8-6-12(16)7-9-13/h6-9H,3-5,11H2,1-2H3,(H,18,19). The van der Waals surface area contributed by atoms with E-state index in [1.54, 1.807) is 38.1 Å². The Labute approximate surface area is 124 Å². The number of benzene rings is 1. The van der Waals surface area contributed by atoms with E-state index in [2.05, 4.69) is 11.4 Å². The van der Waals surface area contributed by atoms with Gasteiger partial charge >= 0.3 is 0 Å². The number of nitriles is 1. The zero-order chi connectivity index (χ0) is 15.0. The first kappa shape index (κ1) is 16.3. The lowest BCUT2D eigenvalue weighted by molar-refractivity contribution is -0.134. The van der Waals surface area contributed by atoms with Crippen LogP contribution >= 0.6 is 11.6 Å². The van der Waals surface area contributed by atoms with Crippen molar-refractivity contribution in [2.24, 2.45) is 0 Å². The smallest absolute Gasteiger partial charge is 0.263 e. The van der Waals surface area contributed by atoms with Crippen LogP contribution in [0.1, 0.15) is 33.1 Å². The fourth-order valence-corrected chi connectivity index (χ4v) is 1.71. The zero-order valence-electron chi connectivity index (χ0n) is 11.8. The fraction of sp³-hybridized carbons (Fsp3) is 0.467. The lowest BCUT2D eigenvalue weighted by Gasteiger charge is -2.25. The Balaban J connectivity index is 2.44. The molecule has 108 valence electrons. The first-order valence-electron chi connectivity index (χ1n) is 6.55. The van der Waals surface area contributed by atoms with E-state index in [1.807, 2.05) is 0 Å². The Bertz CT molecular complexity index is 478. The third-order valence-electron chi connectivity index (χ3n) is 2.73. The number of ether oxygens (including phenoxy) is 1. The average molecular weight is 295 g/mol. The first-order valence-corrected chi connectivity index (χ1v) is 6.93. The lowest BCUT2D eigenvalue weighted by atomic mass is 10.1. The summed E-state index contributed by atoms with van der Waals surface area (Å²) in [5.74, 6) is 0.420. The Hall–Kier alpha value is -1.73. The number of hydrogen-bond donors (Lipinski definition) is 1. The maximum atomic E-state index is 12.0. The molecule has 0 unspecified atom stereocenters. The highest BCUT2D eigenvalue weighted by Gasteiger charge is 2.29. The van der Waals surface area contributed by atoms with Crippen molar-refractivity contribution in [3.63, 3.8) is 0 Å². The van der Waals surface area contributed by atoms with Gasteiger partial charge in [-0.1, -0.05) is 11.6 Å². The van der Waals surface area contributed by atoms with E-state index in [-0.39, 0.29) is 5.91 Å². The summed E-state index contributed by atoms with van der Waals surface area (Å²) in [6.45, 7) is 3.98. The summed E-state index contributed by atoms with van der Waals surface area (Å²) in [4.78, 5) is 12.0. The molecule has 0 heterocycles. The van der Waals surface area contributed by atoms with E-state index in [0.29, 0.717) is 23.7 Å². The molecule has 0 aromatic heterocycles. The van der Waals surface area contributed by atoms with E-state index < -0.39 is 5.60 Å². The minimum absolute atomic E-state index is 0.176. The highest BCUT2D eigenvalue weighted by Crippen LogP contribution is 2.20. The predicted molar refractivity (Wildman–Crippen MR) is 78.6 cm³/mol. The van der Waals surface area contributed by atoms with Crippen LogP contribution in [0.3, 0.4) is 0 Å². The number of unbranched alkanes of at least 4 members (excludes halogenated alkanes) is 2. The quantitative estimate of drug-likeness (QED) is 0.785. The molecule has 1 N–H and O–H groups in total. The summed E-state index contributed by atoms with van der Waals surface area (Å²) < 4.78 is 5.67. The van der Waals surface area contributed by atoms with Crippen LogP contribution in [0.25, 0.3) is 0 Å². The van der Waals surface area contributed by atoms with Crippen molar-refractivity contribution in [3.8, 4) is 11.8 Å². The molecule has 0 radical (unpaired) electrons. The molecule has 0 atom stereocenters. The molecule has 1 aromatic rings. The number of carbonyl (C=O) groups excluding carboxylic acids is 1. The molecule has 1 aromatic carbocycles. The Kier molecular flexibility index (Phi) is 6.33. The second-order valence-corrected chi connectivity index (χ2v) is 5.37. The van der Waals surface area contributed by atoms with Gasteiger partial charge in [0.15, 0.2) is 5.60 Å². The topological polar surface area (TPSA) is 62.1 Å². The molecule has 0 spiro atoms. The van der Waals surface area contributed by atoms with Gasteiger partial charge in [-0.3, -0.25) is 4.79 Å². The molecule has 20 heavy (non-hydrogen) atoms.